The van der Waals surface area contributed by atoms with Crippen LogP contribution < -0.4 is 0 Å². The fraction of sp³-hybridized carbons (Fsp3) is 0.182. The summed E-state index contributed by atoms with van der Waals surface area (Å²) < 4.78 is 2.33. The molecule has 0 aliphatic heterocycles. The number of aryl methyl sites for hydroxylation is 1. The number of hydrogen-bond acceptors (Lipinski definition) is 2. The Morgan fingerprint density at radius 2 is 1.69 bits per heavy atom. The molecule has 1 saturated carbocycles. The zero-order valence-electron chi connectivity index (χ0n) is 14.6. The van der Waals surface area contributed by atoms with E-state index in [1.54, 1.807) is 0 Å². The smallest absolute Gasteiger partial charge is 0.103 e. The monoisotopic (exact) mass is 340 g/mol. The molecule has 0 amide bonds. The summed E-state index contributed by atoms with van der Waals surface area (Å²) in [7, 11) is 0. The minimum atomic E-state index is 0.445. The van der Waals surface area contributed by atoms with Crippen molar-refractivity contribution in [1.82, 2.24) is 19.5 Å². The Labute approximate surface area is 152 Å². The van der Waals surface area contributed by atoms with Gasteiger partial charge in [-0.25, -0.2) is 9.97 Å². The molecule has 1 N–H and O–H groups in total. The summed E-state index contributed by atoms with van der Waals surface area (Å²) >= 11 is 0. The summed E-state index contributed by atoms with van der Waals surface area (Å²) in [4.78, 5) is 12.6. The maximum Gasteiger partial charge on any atom is 0.103 e. The molecule has 4 heteroatoms. The lowest BCUT2D eigenvalue weighted by Crippen LogP contribution is -1.98. The van der Waals surface area contributed by atoms with Crippen LogP contribution in [0.1, 0.15) is 29.8 Å². The van der Waals surface area contributed by atoms with Gasteiger partial charge in [0.05, 0.1) is 29.6 Å². The van der Waals surface area contributed by atoms with Crippen molar-refractivity contribution in [3.63, 3.8) is 0 Å². The van der Waals surface area contributed by atoms with Crippen molar-refractivity contribution < 1.29 is 0 Å². The van der Waals surface area contributed by atoms with Gasteiger partial charge >= 0.3 is 0 Å². The zero-order valence-corrected chi connectivity index (χ0v) is 14.6. The number of nitrogens with one attached hydrogen (secondary N) is 1. The average Bonchev–Trinajstić information content (AvgIpc) is 3.17. The van der Waals surface area contributed by atoms with Crippen LogP contribution in [-0.4, -0.2) is 19.5 Å². The van der Waals surface area contributed by atoms with Crippen LogP contribution in [0.2, 0.25) is 0 Å². The van der Waals surface area contributed by atoms with Crippen LogP contribution in [0.3, 0.4) is 0 Å². The van der Waals surface area contributed by atoms with E-state index in [1.165, 1.54) is 5.56 Å². The highest BCUT2D eigenvalue weighted by Crippen LogP contribution is 2.53. The molecule has 128 valence electrons. The molecule has 4 aromatic rings. The number of nitrogens with zero attached hydrogens (tertiary/aromatic N) is 3. The quantitative estimate of drug-likeness (QED) is 0.570. The standard InChI is InChI=1S/C22H20N4/c1-15-23-13-19(25-15)22-21(17-10-6-3-7-11-17)24-14-26(22)20-12-18(20)16-8-4-2-5-9-16/h2-11,13-14,18,20H,12H2,1H3,(H,23,25)/t18-,20+/m0/s1. The molecular formula is C22H20N4. The third-order valence-electron chi connectivity index (χ3n) is 5.14. The maximum absolute atomic E-state index is 4.78. The van der Waals surface area contributed by atoms with E-state index < -0.39 is 0 Å². The van der Waals surface area contributed by atoms with E-state index in [9.17, 15) is 0 Å². The lowest BCUT2D eigenvalue weighted by molar-refractivity contribution is 0.721. The third-order valence-corrected chi connectivity index (χ3v) is 5.14. The number of rotatable bonds is 4. The van der Waals surface area contributed by atoms with Crippen LogP contribution in [0.4, 0.5) is 0 Å². The maximum atomic E-state index is 4.78. The third kappa shape index (κ3) is 2.54. The van der Waals surface area contributed by atoms with Crippen LogP contribution in [0, 0.1) is 6.92 Å². The first-order chi connectivity index (χ1) is 12.8. The first kappa shape index (κ1) is 15.1. The first-order valence-corrected chi connectivity index (χ1v) is 9.00. The Morgan fingerprint density at radius 1 is 0.962 bits per heavy atom. The number of imidazole rings is 2. The van der Waals surface area contributed by atoms with Crippen LogP contribution >= 0.6 is 0 Å². The fourth-order valence-electron chi connectivity index (χ4n) is 3.78. The summed E-state index contributed by atoms with van der Waals surface area (Å²) in [6.07, 6.45) is 5.05. The molecule has 0 spiro atoms. The normalized spacial score (nSPS) is 18.8. The Morgan fingerprint density at radius 3 is 2.38 bits per heavy atom. The molecule has 0 radical (unpaired) electrons. The van der Waals surface area contributed by atoms with Gasteiger partial charge in [0.1, 0.15) is 5.82 Å². The van der Waals surface area contributed by atoms with E-state index in [-0.39, 0.29) is 0 Å². The number of hydrogen-bond donors (Lipinski definition) is 1. The minimum absolute atomic E-state index is 0.445. The van der Waals surface area contributed by atoms with E-state index in [2.05, 4.69) is 69.1 Å². The van der Waals surface area contributed by atoms with Gasteiger partial charge in [0.15, 0.2) is 0 Å². The van der Waals surface area contributed by atoms with Crippen LogP contribution in [0.15, 0.2) is 73.2 Å². The van der Waals surface area contributed by atoms with Gasteiger partial charge in [0, 0.05) is 17.5 Å². The van der Waals surface area contributed by atoms with Crippen molar-refractivity contribution in [3.8, 4) is 22.6 Å². The largest absolute Gasteiger partial charge is 0.341 e. The second-order valence-corrected chi connectivity index (χ2v) is 6.92. The number of H-pyrrole nitrogens is 1. The van der Waals surface area contributed by atoms with Crippen LogP contribution in [-0.2, 0) is 0 Å². The summed E-state index contributed by atoms with van der Waals surface area (Å²) in [6, 6.07) is 21.6. The van der Waals surface area contributed by atoms with Gasteiger partial charge in [-0.3, -0.25) is 0 Å². The van der Waals surface area contributed by atoms with E-state index in [0.717, 1.165) is 34.9 Å². The van der Waals surface area contributed by atoms with Gasteiger partial charge < -0.3 is 9.55 Å². The minimum Gasteiger partial charge on any atom is -0.341 e. The lowest BCUT2D eigenvalue weighted by Gasteiger charge is -2.09. The van der Waals surface area contributed by atoms with E-state index in [0.29, 0.717) is 12.0 Å². The van der Waals surface area contributed by atoms with Crippen molar-refractivity contribution in [2.24, 2.45) is 0 Å². The van der Waals surface area contributed by atoms with Crippen molar-refractivity contribution in [2.75, 3.05) is 0 Å². The highest BCUT2D eigenvalue weighted by atomic mass is 15.1. The van der Waals surface area contributed by atoms with Crippen LogP contribution in [0.5, 0.6) is 0 Å². The summed E-state index contributed by atoms with van der Waals surface area (Å²) in [5.41, 5.74) is 5.69. The van der Waals surface area contributed by atoms with Crippen molar-refractivity contribution >= 4 is 0 Å². The first-order valence-electron chi connectivity index (χ1n) is 9.00. The van der Waals surface area contributed by atoms with E-state index in [4.69, 9.17) is 4.98 Å². The molecule has 2 heterocycles. The summed E-state index contributed by atoms with van der Waals surface area (Å²) in [5, 5.41) is 0. The molecule has 2 atom stereocenters. The highest BCUT2D eigenvalue weighted by Gasteiger charge is 2.41. The molecule has 1 aliphatic rings. The second kappa shape index (κ2) is 5.99. The van der Waals surface area contributed by atoms with Gasteiger partial charge in [-0.1, -0.05) is 60.7 Å². The van der Waals surface area contributed by atoms with Gasteiger partial charge in [-0.2, -0.15) is 0 Å². The Hall–Kier alpha value is -3.14. The van der Waals surface area contributed by atoms with Gasteiger partial charge in [0.25, 0.3) is 0 Å². The average molecular weight is 340 g/mol. The predicted octanol–water partition coefficient (Wildman–Crippen LogP) is 4.98. The van der Waals surface area contributed by atoms with Crippen molar-refractivity contribution in [1.29, 1.82) is 0 Å². The van der Waals surface area contributed by atoms with Crippen LogP contribution in [0.25, 0.3) is 22.6 Å². The predicted molar refractivity (Wildman–Crippen MR) is 103 cm³/mol. The second-order valence-electron chi connectivity index (χ2n) is 6.92. The van der Waals surface area contributed by atoms with E-state index in [1.807, 2.05) is 25.5 Å². The molecule has 5 rings (SSSR count). The Kier molecular flexibility index (Phi) is 3.49. The molecule has 0 saturated heterocycles. The van der Waals surface area contributed by atoms with E-state index >= 15 is 0 Å². The van der Waals surface area contributed by atoms with Crippen molar-refractivity contribution in [3.05, 3.63) is 84.6 Å². The van der Waals surface area contributed by atoms with Gasteiger partial charge in [0.2, 0.25) is 0 Å². The molecule has 1 aliphatic carbocycles. The summed E-state index contributed by atoms with van der Waals surface area (Å²) in [5.74, 6) is 1.47. The number of benzene rings is 2. The number of aromatic amines is 1. The summed E-state index contributed by atoms with van der Waals surface area (Å²) in [6.45, 7) is 1.98. The van der Waals surface area contributed by atoms with Gasteiger partial charge in [-0.05, 0) is 18.9 Å². The lowest BCUT2D eigenvalue weighted by atomic mass is 10.1. The molecule has 2 aromatic carbocycles. The molecule has 2 aromatic heterocycles. The highest BCUT2D eigenvalue weighted by molar-refractivity contribution is 5.77. The molecular weight excluding hydrogens is 320 g/mol. The molecule has 0 unspecified atom stereocenters. The molecule has 4 nitrogen and oxygen atoms in total. The number of aromatic nitrogens is 4. The zero-order chi connectivity index (χ0) is 17.5. The van der Waals surface area contributed by atoms with Crippen molar-refractivity contribution in [2.45, 2.75) is 25.3 Å². The topological polar surface area (TPSA) is 46.5 Å². The SMILES string of the molecule is Cc1ncc(-c2c(-c3ccccc3)ncn2[C@@H]2C[C@H]2c2ccccc2)[nH]1. The Balaban J connectivity index is 1.60. The molecule has 0 bridgehead atoms. The Bertz CT molecular complexity index is 1030. The van der Waals surface area contributed by atoms with Gasteiger partial charge in [-0.15, -0.1) is 0 Å². The molecule has 26 heavy (non-hydrogen) atoms. The fourth-order valence-corrected chi connectivity index (χ4v) is 3.78. The molecule has 1 fully saturated rings.